The lowest BCUT2D eigenvalue weighted by Crippen LogP contribution is -2.02. The van der Waals surface area contributed by atoms with E-state index in [1.807, 2.05) is 11.3 Å². The van der Waals surface area contributed by atoms with E-state index in [2.05, 4.69) is 35.0 Å². The molecule has 0 bridgehead atoms. The average molecular weight is 262 g/mol. The van der Waals surface area contributed by atoms with Crippen LogP contribution in [0, 0.1) is 0 Å². The Kier molecular flexibility index (Phi) is 4.99. The molecule has 0 aromatic carbocycles. The molecule has 0 saturated carbocycles. The van der Waals surface area contributed by atoms with E-state index in [0.29, 0.717) is 5.92 Å². The van der Waals surface area contributed by atoms with Crippen LogP contribution < -0.4 is 5.73 Å². The molecular formula is C10H16BrNS. The van der Waals surface area contributed by atoms with Crippen LogP contribution in [-0.2, 0) is 0 Å². The molecule has 0 fully saturated rings. The van der Waals surface area contributed by atoms with Gasteiger partial charge in [0.1, 0.15) is 0 Å². The van der Waals surface area contributed by atoms with Crippen molar-refractivity contribution in [2.75, 3.05) is 6.54 Å². The molecule has 1 rings (SSSR count). The van der Waals surface area contributed by atoms with Crippen molar-refractivity contribution < 1.29 is 0 Å². The Bertz CT molecular complexity index is 247. The van der Waals surface area contributed by atoms with Gasteiger partial charge >= 0.3 is 0 Å². The Balaban J connectivity index is 2.56. The topological polar surface area (TPSA) is 26.0 Å². The molecule has 0 aliphatic rings. The van der Waals surface area contributed by atoms with E-state index in [-0.39, 0.29) is 0 Å². The number of hydrogen-bond donors (Lipinski definition) is 1. The highest BCUT2D eigenvalue weighted by Gasteiger charge is 2.10. The highest BCUT2D eigenvalue weighted by molar-refractivity contribution is 9.11. The number of hydrogen-bond acceptors (Lipinski definition) is 2. The summed E-state index contributed by atoms with van der Waals surface area (Å²) in [5, 5.41) is 0. The standard InChI is InChI=1S/C10H16BrNS/c1-2-8(4-3-7-12)9-5-6-10(11)13-9/h5-6,8H,2-4,7,12H2,1H3. The van der Waals surface area contributed by atoms with Gasteiger partial charge in [-0.2, -0.15) is 0 Å². The maximum atomic E-state index is 5.51. The Morgan fingerprint density at radius 1 is 1.54 bits per heavy atom. The monoisotopic (exact) mass is 261 g/mol. The van der Waals surface area contributed by atoms with Crippen molar-refractivity contribution in [2.45, 2.75) is 32.1 Å². The van der Waals surface area contributed by atoms with Crippen LogP contribution in [0.5, 0.6) is 0 Å². The van der Waals surface area contributed by atoms with Gasteiger partial charge in [-0.15, -0.1) is 11.3 Å². The zero-order valence-electron chi connectivity index (χ0n) is 7.92. The van der Waals surface area contributed by atoms with Gasteiger partial charge in [-0.3, -0.25) is 0 Å². The summed E-state index contributed by atoms with van der Waals surface area (Å²) < 4.78 is 1.23. The molecule has 1 aromatic heterocycles. The number of thiophene rings is 1. The van der Waals surface area contributed by atoms with Crippen LogP contribution in [0.3, 0.4) is 0 Å². The SMILES string of the molecule is CCC(CCCN)c1ccc(Br)s1. The molecule has 1 unspecified atom stereocenters. The zero-order valence-corrected chi connectivity index (χ0v) is 10.3. The molecule has 0 amide bonds. The first-order valence-corrected chi connectivity index (χ1v) is 6.34. The second-order valence-corrected chi connectivity index (χ2v) is 5.67. The van der Waals surface area contributed by atoms with Crippen molar-refractivity contribution >= 4 is 27.3 Å². The summed E-state index contributed by atoms with van der Waals surface area (Å²) in [5.74, 6) is 0.708. The van der Waals surface area contributed by atoms with Gasteiger partial charge in [-0.05, 0) is 59.8 Å². The fourth-order valence-corrected chi connectivity index (χ4v) is 3.10. The highest BCUT2D eigenvalue weighted by Crippen LogP contribution is 2.32. The molecule has 0 aliphatic heterocycles. The third kappa shape index (κ3) is 3.41. The van der Waals surface area contributed by atoms with Gasteiger partial charge in [0.2, 0.25) is 0 Å². The van der Waals surface area contributed by atoms with Crippen LogP contribution in [0.25, 0.3) is 0 Å². The lowest BCUT2D eigenvalue weighted by atomic mass is 9.99. The molecule has 1 aromatic rings. The Labute approximate surface area is 92.5 Å². The summed E-state index contributed by atoms with van der Waals surface area (Å²) in [6.45, 7) is 3.05. The number of rotatable bonds is 5. The van der Waals surface area contributed by atoms with Gasteiger partial charge in [0.25, 0.3) is 0 Å². The van der Waals surface area contributed by atoms with Gasteiger partial charge in [0.15, 0.2) is 0 Å². The summed E-state index contributed by atoms with van der Waals surface area (Å²) in [6.07, 6.45) is 3.57. The molecule has 1 nitrogen and oxygen atoms in total. The Morgan fingerprint density at radius 3 is 2.77 bits per heavy atom. The van der Waals surface area contributed by atoms with E-state index in [4.69, 9.17) is 5.73 Å². The molecule has 0 radical (unpaired) electrons. The molecular weight excluding hydrogens is 246 g/mol. The highest BCUT2D eigenvalue weighted by atomic mass is 79.9. The molecule has 1 atom stereocenters. The maximum Gasteiger partial charge on any atom is 0.0701 e. The molecule has 3 heteroatoms. The van der Waals surface area contributed by atoms with Gasteiger partial charge in [-0.1, -0.05) is 6.92 Å². The first-order chi connectivity index (χ1) is 6.27. The predicted molar refractivity (Wildman–Crippen MR) is 63.3 cm³/mol. The zero-order chi connectivity index (χ0) is 9.68. The van der Waals surface area contributed by atoms with Crippen LogP contribution in [0.1, 0.15) is 37.0 Å². The minimum absolute atomic E-state index is 0.708. The van der Waals surface area contributed by atoms with E-state index < -0.39 is 0 Å². The van der Waals surface area contributed by atoms with Crippen molar-refractivity contribution in [3.63, 3.8) is 0 Å². The van der Waals surface area contributed by atoms with Crippen LogP contribution in [0.4, 0.5) is 0 Å². The van der Waals surface area contributed by atoms with E-state index in [9.17, 15) is 0 Å². The molecule has 1 heterocycles. The summed E-state index contributed by atoms with van der Waals surface area (Å²) in [7, 11) is 0. The van der Waals surface area contributed by atoms with Crippen LogP contribution in [-0.4, -0.2) is 6.54 Å². The number of halogens is 1. The second-order valence-electron chi connectivity index (χ2n) is 3.18. The lowest BCUT2D eigenvalue weighted by molar-refractivity contribution is 0.589. The first kappa shape index (κ1) is 11.2. The van der Waals surface area contributed by atoms with E-state index in [1.165, 1.54) is 21.5 Å². The van der Waals surface area contributed by atoms with Gasteiger partial charge in [0.05, 0.1) is 3.79 Å². The molecule has 0 spiro atoms. The van der Waals surface area contributed by atoms with Crippen molar-refractivity contribution in [1.29, 1.82) is 0 Å². The van der Waals surface area contributed by atoms with Crippen molar-refractivity contribution in [3.05, 3.63) is 20.8 Å². The quantitative estimate of drug-likeness (QED) is 0.859. The van der Waals surface area contributed by atoms with Gasteiger partial charge in [0, 0.05) is 4.88 Å². The van der Waals surface area contributed by atoms with E-state index in [1.54, 1.807) is 0 Å². The van der Waals surface area contributed by atoms with Crippen LogP contribution >= 0.6 is 27.3 Å². The minimum Gasteiger partial charge on any atom is -0.330 e. The minimum atomic E-state index is 0.708. The largest absolute Gasteiger partial charge is 0.330 e. The molecule has 74 valence electrons. The Morgan fingerprint density at radius 2 is 2.31 bits per heavy atom. The molecule has 2 N–H and O–H groups in total. The molecule has 13 heavy (non-hydrogen) atoms. The van der Waals surface area contributed by atoms with Gasteiger partial charge in [-0.25, -0.2) is 0 Å². The third-order valence-corrected chi connectivity index (χ3v) is 4.03. The van der Waals surface area contributed by atoms with E-state index >= 15 is 0 Å². The first-order valence-electron chi connectivity index (χ1n) is 4.73. The Hall–Kier alpha value is 0.140. The average Bonchev–Trinajstić information content (AvgIpc) is 2.54. The van der Waals surface area contributed by atoms with E-state index in [0.717, 1.165) is 13.0 Å². The van der Waals surface area contributed by atoms with Crippen LogP contribution in [0.15, 0.2) is 15.9 Å². The van der Waals surface area contributed by atoms with Crippen molar-refractivity contribution in [3.8, 4) is 0 Å². The normalized spacial score (nSPS) is 13.2. The van der Waals surface area contributed by atoms with Crippen molar-refractivity contribution in [1.82, 2.24) is 0 Å². The fourth-order valence-electron chi connectivity index (χ4n) is 1.46. The van der Waals surface area contributed by atoms with Crippen LogP contribution in [0.2, 0.25) is 0 Å². The maximum absolute atomic E-state index is 5.51. The summed E-state index contributed by atoms with van der Waals surface area (Å²) >= 11 is 5.34. The smallest absolute Gasteiger partial charge is 0.0701 e. The van der Waals surface area contributed by atoms with Gasteiger partial charge < -0.3 is 5.73 Å². The molecule has 0 aliphatic carbocycles. The second kappa shape index (κ2) is 5.78. The van der Waals surface area contributed by atoms with Crippen molar-refractivity contribution in [2.24, 2.45) is 5.73 Å². The lowest BCUT2D eigenvalue weighted by Gasteiger charge is -2.11. The summed E-state index contributed by atoms with van der Waals surface area (Å²) in [5.41, 5.74) is 5.51. The number of nitrogens with two attached hydrogens (primary N) is 1. The summed E-state index contributed by atoms with van der Waals surface area (Å²) in [6, 6.07) is 4.35. The fraction of sp³-hybridized carbons (Fsp3) is 0.600. The summed E-state index contributed by atoms with van der Waals surface area (Å²) in [4.78, 5) is 1.49. The predicted octanol–water partition coefficient (Wildman–Crippen LogP) is 3.74. The third-order valence-electron chi connectivity index (χ3n) is 2.25. The molecule has 0 saturated heterocycles.